The largest absolute Gasteiger partial charge is 0.481 e. The molecule has 0 radical (unpaired) electrons. The molecule has 0 spiro atoms. The lowest BCUT2D eigenvalue weighted by Crippen LogP contribution is -2.32. The Morgan fingerprint density at radius 3 is 2.92 bits per heavy atom. The van der Waals surface area contributed by atoms with Crippen molar-refractivity contribution in [3.05, 3.63) is 0 Å². The van der Waals surface area contributed by atoms with E-state index in [0.717, 1.165) is 32.6 Å². The van der Waals surface area contributed by atoms with E-state index >= 15 is 0 Å². The fraction of sp³-hybridized carbons (Fsp3) is 0.889. The van der Waals surface area contributed by atoms with Gasteiger partial charge in [-0.15, -0.1) is 0 Å². The highest BCUT2D eigenvalue weighted by molar-refractivity contribution is 5.70. The Morgan fingerprint density at radius 2 is 2.46 bits per heavy atom. The van der Waals surface area contributed by atoms with Crippen molar-refractivity contribution in [1.29, 1.82) is 0 Å². The first-order valence-corrected chi connectivity index (χ1v) is 4.90. The quantitative estimate of drug-likeness (QED) is 0.650. The van der Waals surface area contributed by atoms with E-state index in [1.807, 2.05) is 6.92 Å². The molecule has 13 heavy (non-hydrogen) atoms. The molecule has 76 valence electrons. The molecule has 0 aromatic rings. The second-order valence-electron chi connectivity index (χ2n) is 3.56. The third-order valence-electron chi connectivity index (χ3n) is 2.41. The van der Waals surface area contributed by atoms with Crippen molar-refractivity contribution in [3.63, 3.8) is 0 Å². The Kier molecular flexibility index (Phi) is 4.18. The molecular formula is C9H18N2O2. The summed E-state index contributed by atoms with van der Waals surface area (Å²) in [6, 6.07) is 0. The number of aliphatic carboxylic acids is 1. The second kappa shape index (κ2) is 5.19. The molecule has 1 heterocycles. The van der Waals surface area contributed by atoms with Crippen LogP contribution < -0.4 is 5.32 Å². The zero-order chi connectivity index (χ0) is 9.68. The summed E-state index contributed by atoms with van der Waals surface area (Å²) in [7, 11) is 0. The summed E-state index contributed by atoms with van der Waals surface area (Å²) < 4.78 is 0. The maximum absolute atomic E-state index is 10.8. The summed E-state index contributed by atoms with van der Waals surface area (Å²) in [5.41, 5.74) is 0. The maximum atomic E-state index is 10.8. The second-order valence-corrected chi connectivity index (χ2v) is 3.56. The van der Waals surface area contributed by atoms with Crippen LogP contribution in [0.5, 0.6) is 0 Å². The van der Waals surface area contributed by atoms with E-state index in [9.17, 15) is 4.79 Å². The zero-order valence-corrected chi connectivity index (χ0v) is 8.12. The minimum Gasteiger partial charge on any atom is -0.481 e. The molecule has 1 aliphatic heterocycles. The first-order valence-electron chi connectivity index (χ1n) is 4.90. The Hall–Kier alpha value is -0.610. The Labute approximate surface area is 78.9 Å². The van der Waals surface area contributed by atoms with Crippen molar-refractivity contribution >= 4 is 5.97 Å². The normalized spacial score (nSPS) is 20.4. The molecule has 1 saturated heterocycles. The molecule has 1 aliphatic rings. The van der Waals surface area contributed by atoms with Crippen LogP contribution in [0.3, 0.4) is 0 Å². The predicted molar refractivity (Wildman–Crippen MR) is 50.5 cm³/mol. The molecule has 0 aromatic carbocycles. The number of carboxylic acid groups (broad SMARTS) is 1. The van der Waals surface area contributed by atoms with Gasteiger partial charge in [-0.05, 0) is 6.42 Å². The van der Waals surface area contributed by atoms with Crippen molar-refractivity contribution in [2.24, 2.45) is 5.92 Å². The Balaban J connectivity index is 2.32. The van der Waals surface area contributed by atoms with Gasteiger partial charge in [0, 0.05) is 26.3 Å². The fourth-order valence-corrected chi connectivity index (χ4v) is 1.66. The molecule has 4 heteroatoms. The first-order chi connectivity index (χ1) is 6.24. The predicted octanol–water partition coefficient (Wildman–Crippen LogP) is 0.350. The zero-order valence-electron chi connectivity index (χ0n) is 8.12. The van der Waals surface area contributed by atoms with Crippen molar-refractivity contribution in [3.8, 4) is 0 Å². The van der Waals surface area contributed by atoms with E-state index in [4.69, 9.17) is 5.11 Å². The molecule has 1 atom stereocenters. The first kappa shape index (κ1) is 10.5. The smallest absolute Gasteiger partial charge is 0.307 e. The van der Waals surface area contributed by atoms with Crippen LogP contribution in [0.2, 0.25) is 0 Å². The van der Waals surface area contributed by atoms with E-state index in [1.165, 1.54) is 0 Å². The van der Waals surface area contributed by atoms with Crippen LogP contribution in [0.25, 0.3) is 0 Å². The average molecular weight is 186 g/mol. The standard InChI is InChI=1S/C9H18N2O2/c1-2-3-8(9(12)13)6-11-5-4-10-7-11/h8,10H,2-7H2,1H3,(H,12,13). The number of rotatable bonds is 5. The van der Waals surface area contributed by atoms with E-state index in [2.05, 4.69) is 10.2 Å². The molecule has 1 fully saturated rings. The molecule has 0 aromatic heterocycles. The van der Waals surface area contributed by atoms with Gasteiger partial charge in [-0.25, -0.2) is 0 Å². The van der Waals surface area contributed by atoms with E-state index in [-0.39, 0.29) is 5.92 Å². The van der Waals surface area contributed by atoms with Crippen molar-refractivity contribution in [2.45, 2.75) is 19.8 Å². The lowest BCUT2D eigenvalue weighted by molar-refractivity contribution is -0.142. The van der Waals surface area contributed by atoms with E-state index < -0.39 is 5.97 Å². The molecule has 1 unspecified atom stereocenters. The average Bonchev–Trinajstić information content (AvgIpc) is 2.56. The minimum atomic E-state index is -0.659. The summed E-state index contributed by atoms with van der Waals surface area (Å²) >= 11 is 0. The van der Waals surface area contributed by atoms with Gasteiger partial charge in [-0.3, -0.25) is 9.69 Å². The van der Waals surface area contributed by atoms with Crippen LogP contribution in [0.1, 0.15) is 19.8 Å². The lowest BCUT2D eigenvalue weighted by Gasteiger charge is -2.18. The van der Waals surface area contributed by atoms with Crippen LogP contribution in [-0.4, -0.2) is 42.3 Å². The number of hydrogen-bond donors (Lipinski definition) is 2. The van der Waals surface area contributed by atoms with Gasteiger partial charge >= 0.3 is 5.97 Å². The number of carboxylic acids is 1. The molecule has 0 aliphatic carbocycles. The van der Waals surface area contributed by atoms with Gasteiger partial charge in [-0.2, -0.15) is 0 Å². The number of nitrogens with zero attached hydrogens (tertiary/aromatic N) is 1. The van der Waals surface area contributed by atoms with Crippen molar-refractivity contribution < 1.29 is 9.90 Å². The van der Waals surface area contributed by atoms with Gasteiger partial charge in [0.05, 0.1) is 5.92 Å². The highest BCUT2D eigenvalue weighted by Crippen LogP contribution is 2.09. The number of hydrogen-bond acceptors (Lipinski definition) is 3. The van der Waals surface area contributed by atoms with Crippen LogP contribution in [0, 0.1) is 5.92 Å². The maximum Gasteiger partial charge on any atom is 0.307 e. The van der Waals surface area contributed by atoms with Crippen LogP contribution in [0.15, 0.2) is 0 Å². The van der Waals surface area contributed by atoms with Gasteiger partial charge < -0.3 is 10.4 Å². The van der Waals surface area contributed by atoms with E-state index in [0.29, 0.717) is 6.54 Å². The van der Waals surface area contributed by atoms with Crippen molar-refractivity contribution in [2.75, 3.05) is 26.3 Å². The van der Waals surface area contributed by atoms with Gasteiger partial charge in [0.15, 0.2) is 0 Å². The monoisotopic (exact) mass is 186 g/mol. The van der Waals surface area contributed by atoms with Gasteiger partial charge in [-0.1, -0.05) is 13.3 Å². The molecular weight excluding hydrogens is 168 g/mol. The van der Waals surface area contributed by atoms with Gasteiger partial charge in [0.1, 0.15) is 0 Å². The Morgan fingerprint density at radius 1 is 1.69 bits per heavy atom. The highest BCUT2D eigenvalue weighted by atomic mass is 16.4. The summed E-state index contributed by atoms with van der Waals surface area (Å²) in [5.74, 6) is -0.848. The molecule has 0 bridgehead atoms. The van der Waals surface area contributed by atoms with Gasteiger partial charge in [0.25, 0.3) is 0 Å². The Bertz CT molecular complexity index is 167. The van der Waals surface area contributed by atoms with Crippen LogP contribution in [-0.2, 0) is 4.79 Å². The topological polar surface area (TPSA) is 52.6 Å². The number of nitrogens with one attached hydrogen (secondary N) is 1. The highest BCUT2D eigenvalue weighted by Gasteiger charge is 2.21. The van der Waals surface area contributed by atoms with E-state index in [1.54, 1.807) is 0 Å². The molecule has 0 amide bonds. The third-order valence-corrected chi connectivity index (χ3v) is 2.41. The fourth-order valence-electron chi connectivity index (χ4n) is 1.66. The number of carbonyl (C=O) groups is 1. The summed E-state index contributed by atoms with van der Waals surface area (Å²) in [5, 5.41) is 12.1. The summed E-state index contributed by atoms with van der Waals surface area (Å²) in [4.78, 5) is 13.0. The molecule has 4 nitrogen and oxygen atoms in total. The van der Waals surface area contributed by atoms with Crippen molar-refractivity contribution in [1.82, 2.24) is 10.2 Å². The molecule has 1 rings (SSSR count). The summed E-state index contributed by atoms with van der Waals surface area (Å²) in [6.07, 6.45) is 1.73. The van der Waals surface area contributed by atoms with Crippen LogP contribution >= 0.6 is 0 Å². The minimum absolute atomic E-state index is 0.190. The third kappa shape index (κ3) is 3.32. The lowest BCUT2D eigenvalue weighted by atomic mass is 10.0. The van der Waals surface area contributed by atoms with Gasteiger partial charge in [0.2, 0.25) is 0 Å². The van der Waals surface area contributed by atoms with Crippen LogP contribution in [0.4, 0.5) is 0 Å². The SMILES string of the molecule is CCCC(CN1CCNC1)C(=O)O. The molecule has 0 saturated carbocycles. The summed E-state index contributed by atoms with van der Waals surface area (Å²) in [6.45, 7) is 5.52. The molecule has 2 N–H and O–H groups in total.